The third-order valence-electron chi connectivity index (χ3n) is 4.40. The highest BCUT2D eigenvalue weighted by Crippen LogP contribution is 2.26. The molecule has 112 valence electrons. The number of ether oxygens (including phenoxy) is 1. The number of fused-ring (bicyclic) bond motifs is 1. The van der Waals surface area contributed by atoms with Crippen LogP contribution in [0.15, 0.2) is 30.4 Å². The molecule has 1 aromatic rings. The second-order valence-electron chi connectivity index (χ2n) is 5.90. The third kappa shape index (κ3) is 3.29. The molecule has 0 bridgehead atoms. The lowest BCUT2D eigenvalue weighted by Crippen LogP contribution is -2.36. The van der Waals surface area contributed by atoms with Crippen molar-refractivity contribution in [3.05, 3.63) is 41.5 Å². The molecule has 21 heavy (non-hydrogen) atoms. The van der Waals surface area contributed by atoms with Gasteiger partial charge in [0, 0.05) is 19.5 Å². The van der Waals surface area contributed by atoms with Gasteiger partial charge in [-0.3, -0.25) is 4.79 Å². The van der Waals surface area contributed by atoms with Crippen molar-refractivity contribution in [3.8, 4) is 5.75 Å². The van der Waals surface area contributed by atoms with E-state index in [0.717, 1.165) is 38.1 Å². The molecule has 0 fully saturated rings. The van der Waals surface area contributed by atoms with Crippen LogP contribution < -0.4 is 4.74 Å². The number of carbonyl (C=O) groups excluding carboxylic acids is 1. The SMILES string of the molecule is CCOc1ccc2c(c1)CN(C(=O)C[C@H]1C=CCC1)CC2. The van der Waals surface area contributed by atoms with Crippen LogP contribution in [0.3, 0.4) is 0 Å². The van der Waals surface area contributed by atoms with Crippen LogP contribution in [0.2, 0.25) is 0 Å². The highest BCUT2D eigenvalue weighted by molar-refractivity contribution is 5.77. The summed E-state index contributed by atoms with van der Waals surface area (Å²) in [4.78, 5) is 14.4. The standard InChI is InChI=1S/C18H23NO2/c1-2-21-17-8-7-15-9-10-19(13-16(15)12-17)18(20)11-14-5-3-4-6-14/h3,5,7-8,12,14H,2,4,6,9-11,13H2,1H3/t14-/m0/s1. The van der Waals surface area contributed by atoms with Crippen molar-refractivity contribution in [2.75, 3.05) is 13.2 Å². The van der Waals surface area contributed by atoms with Gasteiger partial charge in [-0.2, -0.15) is 0 Å². The molecule has 0 N–H and O–H groups in total. The predicted octanol–water partition coefficient (Wildman–Crippen LogP) is 3.33. The Morgan fingerprint density at radius 3 is 3.05 bits per heavy atom. The van der Waals surface area contributed by atoms with Crippen LogP contribution in [0.5, 0.6) is 5.75 Å². The zero-order valence-corrected chi connectivity index (χ0v) is 12.7. The van der Waals surface area contributed by atoms with E-state index in [0.29, 0.717) is 24.9 Å². The first kappa shape index (κ1) is 14.2. The van der Waals surface area contributed by atoms with Gasteiger partial charge >= 0.3 is 0 Å². The summed E-state index contributed by atoms with van der Waals surface area (Å²) in [6.07, 6.45) is 8.26. The average Bonchev–Trinajstić information content (AvgIpc) is 3.00. The second kappa shape index (κ2) is 6.33. The first-order valence-corrected chi connectivity index (χ1v) is 7.95. The predicted molar refractivity (Wildman–Crippen MR) is 83.2 cm³/mol. The Morgan fingerprint density at radius 2 is 2.29 bits per heavy atom. The minimum Gasteiger partial charge on any atom is -0.494 e. The van der Waals surface area contributed by atoms with E-state index in [1.807, 2.05) is 17.9 Å². The first-order chi connectivity index (χ1) is 10.3. The largest absolute Gasteiger partial charge is 0.494 e. The number of hydrogen-bond donors (Lipinski definition) is 0. The van der Waals surface area contributed by atoms with Crippen molar-refractivity contribution in [2.24, 2.45) is 5.92 Å². The van der Waals surface area contributed by atoms with Gasteiger partial charge in [-0.1, -0.05) is 18.2 Å². The Labute approximate surface area is 126 Å². The number of benzene rings is 1. The van der Waals surface area contributed by atoms with Gasteiger partial charge in [0.2, 0.25) is 5.91 Å². The molecule has 0 unspecified atom stereocenters. The molecule has 0 aromatic heterocycles. The number of rotatable bonds is 4. The van der Waals surface area contributed by atoms with Crippen molar-refractivity contribution in [1.29, 1.82) is 0 Å². The van der Waals surface area contributed by atoms with Gasteiger partial charge in [-0.15, -0.1) is 0 Å². The minimum absolute atomic E-state index is 0.291. The summed E-state index contributed by atoms with van der Waals surface area (Å²) in [6, 6.07) is 6.26. The van der Waals surface area contributed by atoms with E-state index in [1.54, 1.807) is 0 Å². The van der Waals surface area contributed by atoms with E-state index in [2.05, 4.69) is 24.3 Å². The molecule has 0 radical (unpaired) electrons. The van der Waals surface area contributed by atoms with Crippen molar-refractivity contribution in [1.82, 2.24) is 4.90 Å². The van der Waals surface area contributed by atoms with Gasteiger partial charge in [0.1, 0.15) is 5.75 Å². The molecule has 3 rings (SSSR count). The molecule has 1 atom stereocenters. The lowest BCUT2D eigenvalue weighted by molar-refractivity contribution is -0.132. The molecule has 1 amide bonds. The molecule has 3 heteroatoms. The fourth-order valence-electron chi connectivity index (χ4n) is 3.22. The molecular weight excluding hydrogens is 262 g/mol. The normalized spacial score (nSPS) is 20.4. The van der Waals surface area contributed by atoms with Crippen LogP contribution in [-0.2, 0) is 17.8 Å². The summed E-state index contributed by atoms with van der Waals surface area (Å²) in [7, 11) is 0. The number of allylic oxidation sites excluding steroid dienone is 2. The number of nitrogens with zero attached hydrogens (tertiary/aromatic N) is 1. The third-order valence-corrected chi connectivity index (χ3v) is 4.40. The Balaban J connectivity index is 1.66. The highest BCUT2D eigenvalue weighted by Gasteiger charge is 2.23. The fourth-order valence-corrected chi connectivity index (χ4v) is 3.22. The lowest BCUT2D eigenvalue weighted by atomic mass is 9.98. The topological polar surface area (TPSA) is 29.5 Å². The summed E-state index contributed by atoms with van der Waals surface area (Å²) < 4.78 is 5.56. The van der Waals surface area contributed by atoms with E-state index < -0.39 is 0 Å². The van der Waals surface area contributed by atoms with Crippen LogP contribution in [0.25, 0.3) is 0 Å². The van der Waals surface area contributed by atoms with Crippen molar-refractivity contribution >= 4 is 5.91 Å². The van der Waals surface area contributed by atoms with Gasteiger partial charge in [0.15, 0.2) is 0 Å². The van der Waals surface area contributed by atoms with Gasteiger partial charge in [-0.05, 0) is 55.4 Å². The van der Waals surface area contributed by atoms with E-state index in [1.165, 1.54) is 11.1 Å². The molecule has 1 aliphatic carbocycles. The van der Waals surface area contributed by atoms with Crippen LogP contribution in [0, 0.1) is 5.92 Å². The lowest BCUT2D eigenvalue weighted by Gasteiger charge is -2.30. The molecule has 3 nitrogen and oxygen atoms in total. The van der Waals surface area contributed by atoms with Gasteiger partial charge in [0.05, 0.1) is 6.61 Å². The zero-order chi connectivity index (χ0) is 14.7. The molecule has 1 aliphatic heterocycles. The Morgan fingerprint density at radius 1 is 1.38 bits per heavy atom. The van der Waals surface area contributed by atoms with Gasteiger partial charge in [-0.25, -0.2) is 0 Å². The Hall–Kier alpha value is -1.77. The maximum Gasteiger partial charge on any atom is 0.223 e. The van der Waals surface area contributed by atoms with Crippen LogP contribution >= 0.6 is 0 Å². The molecular formula is C18H23NO2. The fraction of sp³-hybridized carbons (Fsp3) is 0.500. The molecule has 1 aromatic carbocycles. The van der Waals surface area contributed by atoms with Gasteiger partial charge in [0.25, 0.3) is 0 Å². The van der Waals surface area contributed by atoms with Crippen LogP contribution in [-0.4, -0.2) is 24.0 Å². The molecule has 1 heterocycles. The molecule has 0 saturated carbocycles. The first-order valence-electron chi connectivity index (χ1n) is 7.95. The molecule has 0 saturated heterocycles. The van der Waals surface area contributed by atoms with Crippen LogP contribution in [0.4, 0.5) is 0 Å². The van der Waals surface area contributed by atoms with E-state index in [-0.39, 0.29) is 0 Å². The summed E-state index contributed by atoms with van der Waals surface area (Å²) in [5, 5.41) is 0. The number of carbonyl (C=O) groups is 1. The summed E-state index contributed by atoms with van der Waals surface area (Å²) >= 11 is 0. The summed E-state index contributed by atoms with van der Waals surface area (Å²) in [6.45, 7) is 4.24. The minimum atomic E-state index is 0.291. The maximum atomic E-state index is 12.4. The van der Waals surface area contributed by atoms with Crippen LogP contribution in [0.1, 0.15) is 37.3 Å². The molecule has 2 aliphatic rings. The second-order valence-corrected chi connectivity index (χ2v) is 5.90. The number of amides is 1. The van der Waals surface area contributed by atoms with Crippen molar-refractivity contribution < 1.29 is 9.53 Å². The zero-order valence-electron chi connectivity index (χ0n) is 12.7. The van der Waals surface area contributed by atoms with Crippen molar-refractivity contribution in [2.45, 2.75) is 39.2 Å². The summed E-state index contributed by atoms with van der Waals surface area (Å²) in [5.41, 5.74) is 2.59. The Kier molecular flexibility index (Phi) is 4.28. The smallest absolute Gasteiger partial charge is 0.223 e. The van der Waals surface area contributed by atoms with E-state index in [4.69, 9.17) is 4.74 Å². The van der Waals surface area contributed by atoms with Gasteiger partial charge < -0.3 is 9.64 Å². The average molecular weight is 285 g/mol. The molecule has 0 spiro atoms. The number of hydrogen-bond acceptors (Lipinski definition) is 2. The summed E-state index contributed by atoms with van der Waals surface area (Å²) in [5.74, 6) is 1.65. The van der Waals surface area contributed by atoms with E-state index >= 15 is 0 Å². The quantitative estimate of drug-likeness (QED) is 0.794. The highest BCUT2D eigenvalue weighted by atomic mass is 16.5. The maximum absolute atomic E-state index is 12.4. The van der Waals surface area contributed by atoms with E-state index in [9.17, 15) is 4.79 Å². The monoisotopic (exact) mass is 285 g/mol. The Bertz CT molecular complexity index is 550. The van der Waals surface area contributed by atoms with Crippen molar-refractivity contribution in [3.63, 3.8) is 0 Å².